The second kappa shape index (κ2) is 9.82. The molecule has 0 radical (unpaired) electrons. The van der Waals surface area contributed by atoms with Crippen LogP contribution in [0.2, 0.25) is 0 Å². The Hall–Kier alpha value is -2.36. The first kappa shape index (κ1) is 19.0. The number of aliphatic imine (C=N–C) groups is 1. The minimum Gasteiger partial charge on any atom is -0.467 e. The monoisotopic (exact) mass is 452 g/mol. The number of pyridine rings is 1. The van der Waals surface area contributed by atoms with Crippen LogP contribution in [0.3, 0.4) is 0 Å². The lowest BCUT2D eigenvalue weighted by Crippen LogP contribution is -2.36. The fourth-order valence-corrected chi connectivity index (χ4v) is 2.19. The van der Waals surface area contributed by atoms with Crippen molar-refractivity contribution in [1.29, 1.82) is 0 Å². The van der Waals surface area contributed by atoms with Crippen LogP contribution in [0.5, 0.6) is 0 Å². The summed E-state index contributed by atoms with van der Waals surface area (Å²) >= 11 is 0. The van der Waals surface area contributed by atoms with E-state index in [4.69, 9.17) is 4.42 Å². The number of hydrogen-bond donors (Lipinski definition) is 2. The summed E-state index contributed by atoms with van der Waals surface area (Å²) in [6.07, 6.45) is 8.77. The summed E-state index contributed by atoms with van der Waals surface area (Å²) < 4.78 is 7.19. The number of guanidine groups is 1. The van der Waals surface area contributed by atoms with Crippen LogP contribution in [0.25, 0.3) is 5.82 Å². The van der Waals surface area contributed by atoms with Crippen LogP contribution in [0, 0.1) is 0 Å². The lowest BCUT2D eigenvalue weighted by molar-refractivity contribution is 0.501. The Balaban J connectivity index is 0.00000225. The molecule has 132 valence electrons. The summed E-state index contributed by atoms with van der Waals surface area (Å²) in [4.78, 5) is 13.0. The molecule has 3 heterocycles. The number of nitrogens with one attached hydrogen (secondary N) is 2. The summed E-state index contributed by atoms with van der Waals surface area (Å²) in [7, 11) is 0. The molecule has 3 aromatic rings. The van der Waals surface area contributed by atoms with E-state index in [1.54, 1.807) is 25.0 Å². The van der Waals surface area contributed by atoms with Gasteiger partial charge in [0.15, 0.2) is 5.96 Å². The number of hydrogen-bond acceptors (Lipinski definition) is 4. The molecule has 0 bridgehead atoms. The van der Waals surface area contributed by atoms with Crippen molar-refractivity contribution in [3.8, 4) is 5.82 Å². The largest absolute Gasteiger partial charge is 0.467 e. The van der Waals surface area contributed by atoms with E-state index in [-0.39, 0.29) is 24.0 Å². The van der Waals surface area contributed by atoms with Crippen LogP contribution in [-0.2, 0) is 13.1 Å². The third-order valence-corrected chi connectivity index (χ3v) is 3.35. The maximum atomic E-state index is 5.32. The SMILES string of the molecule is CCNC(=NCc1ccnc(-n2ccnc2)c1)NCc1ccco1.I. The van der Waals surface area contributed by atoms with Crippen molar-refractivity contribution in [2.45, 2.75) is 20.0 Å². The number of aromatic nitrogens is 3. The molecule has 0 aromatic carbocycles. The number of nitrogens with zero attached hydrogens (tertiary/aromatic N) is 4. The smallest absolute Gasteiger partial charge is 0.191 e. The third-order valence-electron chi connectivity index (χ3n) is 3.35. The van der Waals surface area contributed by atoms with Crippen molar-refractivity contribution < 1.29 is 4.42 Å². The summed E-state index contributed by atoms with van der Waals surface area (Å²) in [6, 6.07) is 7.76. The Kier molecular flexibility index (Phi) is 7.45. The van der Waals surface area contributed by atoms with E-state index >= 15 is 0 Å². The molecule has 0 saturated carbocycles. The highest BCUT2D eigenvalue weighted by Crippen LogP contribution is 2.08. The van der Waals surface area contributed by atoms with Gasteiger partial charge in [-0.3, -0.25) is 4.57 Å². The van der Waals surface area contributed by atoms with Crippen LogP contribution in [-0.4, -0.2) is 27.0 Å². The van der Waals surface area contributed by atoms with Crippen molar-refractivity contribution in [3.05, 3.63) is 66.8 Å². The number of imidazole rings is 1. The number of rotatable bonds is 6. The summed E-state index contributed by atoms with van der Waals surface area (Å²) in [5.41, 5.74) is 1.07. The molecule has 0 saturated heterocycles. The van der Waals surface area contributed by atoms with Gasteiger partial charge in [-0.15, -0.1) is 24.0 Å². The topological polar surface area (TPSA) is 80.3 Å². The molecule has 3 rings (SSSR count). The van der Waals surface area contributed by atoms with Gasteiger partial charge >= 0.3 is 0 Å². The highest BCUT2D eigenvalue weighted by Gasteiger charge is 2.02. The summed E-state index contributed by atoms with van der Waals surface area (Å²) in [6.45, 7) is 3.97. The van der Waals surface area contributed by atoms with Crippen molar-refractivity contribution in [2.75, 3.05) is 6.54 Å². The maximum Gasteiger partial charge on any atom is 0.191 e. The van der Waals surface area contributed by atoms with E-state index < -0.39 is 0 Å². The van der Waals surface area contributed by atoms with E-state index in [0.717, 1.165) is 29.6 Å². The van der Waals surface area contributed by atoms with Crippen LogP contribution < -0.4 is 10.6 Å². The molecule has 7 nitrogen and oxygen atoms in total. The van der Waals surface area contributed by atoms with Gasteiger partial charge in [0.25, 0.3) is 0 Å². The number of halogens is 1. The van der Waals surface area contributed by atoms with Crippen molar-refractivity contribution in [1.82, 2.24) is 25.2 Å². The van der Waals surface area contributed by atoms with Crippen molar-refractivity contribution in [3.63, 3.8) is 0 Å². The standard InChI is InChI=1S/C17H20N6O.HI/c1-2-19-17(22-12-15-4-3-9-24-15)21-11-14-5-6-20-16(10-14)23-8-7-18-13-23;/h3-10,13H,2,11-12H2,1H3,(H2,19,21,22);1H. The molecular weight excluding hydrogens is 431 g/mol. The molecular formula is C17H21IN6O. The van der Waals surface area contributed by atoms with E-state index in [1.165, 1.54) is 0 Å². The molecule has 0 amide bonds. The lowest BCUT2D eigenvalue weighted by atomic mass is 10.2. The Morgan fingerprint density at radius 2 is 2.20 bits per heavy atom. The van der Waals surface area contributed by atoms with Gasteiger partial charge < -0.3 is 15.1 Å². The first-order valence-electron chi connectivity index (χ1n) is 7.83. The van der Waals surface area contributed by atoms with E-state index in [0.29, 0.717) is 13.1 Å². The molecule has 0 aliphatic rings. The van der Waals surface area contributed by atoms with Crippen LogP contribution in [0.15, 0.2) is 64.9 Å². The molecule has 0 aliphatic carbocycles. The molecule has 8 heteroatoms. The molecule has 0 fully saturated rings. The number of furan rings is 1. The second-order valence-electron chi connectivity index (χ2n) is 5.12. The highest BCUT2D eigenvalue weighted by molar-refractivity contribution is 14.0. The Labute approximate surface area is 163 Å². The Bertz CT molecular complexity index is 770. The normalized spacial score (nSPS) is 11.0. The third kappa shape index (κ3) is 5.59. The first-order chi connectivity index (χ1) is 11.8. The van der Waals surface area contributed by atoms with Crippen LogP contribution >= 0.6 is 24.0 Å². The quantitative estimate of drug-likeness (QED) is 0.342. The van der Waals surface area contributed by atoms with Gasteiger partial charge in [-0.1, -0.05) is 0 Å². The molecule has 0 aliphatic heterocycles. The lowest BCUT2D eigenvalue weighted by Gasteiger charge is -2.10. The van der Waals surface area contributed by atoms with Gasteiger partial charge in [-0.2, -0.15) is 0 Å². The van der Waals surface area contributed by atoms with E-state index in [1.807, 2.05) is 42.0 Å². The fourth-order valence-electron chi connectivity index (χ4n) is 2.19. The summed E-state index contributed by atoms with van der Waals surface area (Å²) in [5.74, 6) is 2.44. The van der Waals surface area contributed by atoms with Gasteiger partial charge in [0, 0.05) is 25.1 Å². The minimum absolute atomic E-state index is 0. The highest BCUT2D eigenvalue weighted by atomic mass is 127. The predicted molar refractivity (Wildman–Crippen MR) is 107 cm³/mol. The van der Waals surface area contributed by atoms with Gasteiger partial charge in [0.05, 0.1) is 19.4 Å². The first-order valence-corrected chi connectivity index (χ1v) is 7.83. The van der Waals surface area contributed by atoms with Gasteiger partial charge in [0.1, 0.15) is 17.9 Å². The predicted octanol–water partition coefficient (Wildman–Crippen LogP) is 2.73. The zero-order chi connectivity index (χ0) is 16.6. The fraction of sp³-hybridized carbons (Fsp3) is 0.235. The molecule has 25 heavy (non-hydrogen) atoms. The maximum absolute atomic E-state index is 5.32. The zero-order valence-electron chi connectivity index (χ0n) is 13.9. The zero-order valence-corrected chi connectivity index (χ0v) is 16.3. The molecule has 2 N–H and O–H groups in total. The van der Waals surface area contributed by atoms with Crippen molar-refractivity contribution in [2.24, 2.45) is 4.99 Å². The summed E-state index contributed by atoms with van der Waals surface area (Å²) in [5, 5.41) is 6.47. The van der Waals surface area contributed by atoms with Gasteiger partial charge in [-0.05, 0) is 36.8 Å². The molecule has 0 unspecified atom stereocenters. The second-order valence-corrected chi connectivity index (χ2v) is 5.12. The molecule has 0 spiro atoms. The van der Waals surface area contributed by atoms with Gasteiger partial charge in [0.2, 0.25) is 0 Å². The average Bonchev–Trinajstić information content (AvgIpc) is 3.31. The van der Waals surface area contributed by atoms with Crippen molar-refractivity contribution >= 4 is 29.9 Å². The van der Waals surface area contributed by atoms with Crippen LogP contribution in [0.1, 0.15) is 18.2 Å². The van der Waals surface area contributed by atoms with Crippen LogP contribution in [0.4, 0.5) is 0 Å². The van der Waals surface area contributed by atoms with Gasteiger partial charge in [-0.25, -0.2) is 15.0 Å². The molecule has 0 atom stereocenters. The average molecular weight is 452 g/mol. The Morgan fingerprint density at radius 1 is 1.28 bits per heavy atom. The van der Waals surface area contributed by atoms with E-state index in [9.17, 15) is 0 Å². The molecule has 3 aromatic heterocycles. The minimum atomic E-state index is 0. The Morgan fingerprint density at radius 3 is 2.92 bits per heavy atom. The van der Waals surface area contributed by atoms with E-state index in [2.05, 4.69) is 25.6 Å².